The van der Waals surface area contributed by atoms with Crippen LogP contribution >= 0.6 is 22.6 Å². The quantitative estimate of drug-likeness (QED) is 0.810. The van der Waals surface area contributed by atoms with Crippen molar-refractivity contribution in [3.63, 3.8) is 0 Å². The van der Waals surface area contributed by atoms with Crippen LogP contribution in [0.15, 0.2) is 24.3 Å². The molecule has 0 bridgehead atoms. The summed E-state index contributed by atoms with van der Waals surface area (Å²) in [6.07, 6.45) is 0.346. The van der Waals surface area contributed by atoms with Crippen molar-refractivity contribution in [1.82, 2.24) is 4.90 Å². The third-order valence-corrected chi connectivity index (χ3v) is 4.14. The van der Waals surface area contributed by atoms with Gasteiger partial charge in [0.05, 0.1) is 18.2 Å². The average molecular weight is 388 g/mol. The Balaban J connectivity index is 1.98. The summed E-state index contributed by atoms with van der Waals surface area (Å²) in [4.78, 5) is 14.5. The Morgan fingerprint density at radius 1 is 1.40 bits per heavy atom. The van der Waals surface area contributed by atoms with E-state index in [9.17, 15) is 4.79 Å². The van der Waals surface area contributed by atoms with E-state index >= 15 is 0 Å². The largest absolute Gasteiger partial charge is 0.373 e. The SMILES string of the molecule is CC1CN(C(C)C(=O)Nc2cccc(I)c2)CC(C)O1. The fourth-order valence-corrected chi connectivity index (χ4v) is 3.06. The summed E-state index contributed by atoms with van der Waals surface area (Å²) in [6.45, 7) is 7.64. The van der Waals surface area contributed by atoms with E-state index in [2.05, 4.69) is 32.8 Å². The molecule has 1 aliphatic rings. The minimum Gasteiger partial charge on any atom is -0.373 e. The highest BCUT2D eigenvalue weighted by Crippen LogP contribution is 2.16. The number of rotatable bonds is 3. The maximum Gasteiger partial charge on any atom is 0.241 e. The Bertz CT molecular complexity index is 471. The highest BCUT2D eigenvalue weighted by atomic mass is 127. The van der Waals surface area contributed by atoms with Crippen LogP contribution in [0.25, 0.3) is 0 Å². The molecule has 1 aromatic carbocycles. The van der Waals surface area contributed by atoms with E-state index in [1.54, 1.807) is 0 Å². The molecule has 110 valence electrons. The summed E-state index contributed by atoms with van der Waals surface area (Å²) in [5, 5.41) is 2.98. The first kappa shape index (κ1) is 15.7. The van der Waals surface area contributed by atoms with Gasteiger partial charge in [-0.3, -0.25) is 9.69 Å². The first-order valence-corrected chi connectivity index (χ1v) is 7.99. The Morgan fingerprint density at radius 3 is 2.65 bits per heavy atom. The van der Waals surface area contributed by atoms with Crippen LogP contribution in [-0.2, 0) is 9.53 Å². The number of amides is 1. The first-order chi connectivity index (χ1) is 9.45. The van der Waals surface area contributed by atoms with Crippen molar-refractivity contribution >= 4 is 34.2 Å². The second kappa shape index (κ2) is 6.87. The minimum absolute atomic E-state index is 0.0355. The van der Waals surface area contributed by atoms with Crippen LogP contribution in [0.5, 0.6) is 0 Å². The number of hydrogen-bond donors (Lipinski definition) is 1. The van der Waals surface area contributed by atoms with Gasteiger partial charge in [0.25, 0.3) is 0 Å². The summed E-state index contributed by atoms with van der Waals surface area (Å²) in [7, 11) is 0. The molecule has 0 aromatic heterocycles. The molecule has 1 aromatic rings. The molecular formula is C15H21IN2O2. The lowest BCUT2D eigenvalue weighted by Crippen LogP contribution is -2.52. The van der Waals surface area contributed by atoms with E-state index in [-0.39, 0.29) is 24.2 Å². The molecule has 1 saturated heterocycles. The molecule has 1 heterocycles. The summed E-state index contributed by atoms with van der Waals surface area (Å²) >= 11 is 2.24. The van der Waals surface area contributed by atoms with E-state index in [1.165, 1.54) is 0 Å². The second-order valence-corrected chi connectivity index (χ2v) is 6.63. The highest BCUT2D eigenvalue weighted by molar-refractivity contribution is 14.1. The van der Waals surface area contributed by atoms with E-state index in [0.29, 0.717) is 0 Å². The van der Waals surface area contributed by atoms with Crippen LogP contribution in [0.4, 0.5) is 5.69 Å². The van der Waals surface area contributed by atoms with Crippen LogP contribution in [0.2, 0.25) is 0 Å². The fraction of sp³-hybridized carbons (Fsp3) is 0.533. The Hall–Kier alpha value is -0.660. The van der Waals surface area contributed by atoms with Gasteiger partial charge in [-0.05, 0) is 61.6 Å². The number of hydrogen-bond acceptors (Lipinski definition) is 3. The van der Waals surface area contributed by atoms with E-state index < -0.39 is 0 Å². The van der Waals surface area contributed by atoms with Crippen molar-refractivity contribution in [3.05, 3.63) is 27.8 Å². The third kappa shape index (κ3) is 4.17. The van der Waals surface area contributed by atoms with Crippen LogP contribution in [0.3, 0.4) is 0 Å². The summed E-state index contributed by atoms with van der Waals surface area (Å²) < 4.78 is 6.82. The predicted octanol–water partition coefficient (Wildman–Crippen LogP) is 2.73. The molecule has 1 aliphatic heterocycles. The summed E-state index contributed by atoms with van der Waals surface area (Å²) in [5.41, 5.74) is 0.850. The first-order valence-electron chi connectivity index (χ1n) is 6.91. The van der Waals surface area contributed by atoms with Gasteiger partial charge in [0.1, 0.15) is 0 Å². The smallest absolute Gasteiger partial charge is 0.241 e. The number of carbonyl (C=O) groups excluding carboxylic acids is 1. The van der Waals surface area contributed by atoms with Gasteiger partial charge < -0.3 is 10.1 Å². The van der Waals surface area contributed by atoms with Gasteiger partial charge in [-0.15, -0.1) is 0 Å². The molecule has 20 heavy (non-hydrogen) atoms. The molecule has 1 N–H and O–H groups in total. The van der Waals surface area contributed by atoms with Gasteiger partial charge in [-0.25, -0.2) is 0 Å². The highest BCUT2D eigenvalue weighted by Gasteiger charge is 2.29. The van der Waals surface area contributed by atoms with Crippen molar-refractivity contribution in [2.24, 2.45) is 0 Å². The minimum atomic E-state index is -0.151. The fourth-order valence-electron chi connectivity index (χ4n) is 2.51. The molecule has 0 aliphatic carbocycles. The van der Waals surface area contributed by atoms with Gasteiger partial charge in [0, 0.05) is 22.3 Å². The number of ether oxygens (including phenoxy) is 1. The number of morpholine rings is 1. The van der Waals surface area contributed by atoms with Crippen molar-refractivity contribution in [1.29, 1.82) is 0 Å². The molecule has 0 radical (unpaired) electrons. The molecule has 5 heteroatoms. The van der Waals surface area contributed by atoms with Gasteiger partial charge in [-0.2, -0.15) is 0 Å². The number of anilines is 1. The van der Waals surface area contributed by atoms with Crippen LogP contribution in [-0.4, -0.2) is 42.1 Å². The summed E-state index contributed by atoms with van der Waals surface area (Å²) in [5.74, 6) is 0.0355. The average Bonchev–Trinajstić information content (AvgIpc) is 2.36. The van der Waals surface area contributed by atoms with Gasteiger partial charge in [-0.1, -0.05) is 6.07 Å². The van der Waals surface area contributed by atoms with Crippen molar-refractivity contribution in [2.45, 2.75) is 39.0 Å². The predicted molar refractivity (Wildman–Crippen MR) is 88.8 cm³/mol. The normalized spacial score (nSPS) is 25.2. The molecule has 0 spiro atoms. The molecule has 1 amide bonds. The van der Waals surface area contributed by atoms with Crippen molar-refractivity contribution in [2.75, 3.05) is 18.4 Å². The number of nitrogens with zero attached hydrogens (tertiary/aromatic N) is 1. The zero-order chi connectivity index (χ0) is 14.7. The Labute approximate surface area is 134 Å². The lowest BCUT2D eigenvalue weighted by atomic mass is 10.1. The number of nitrogens with one attached hydrogen (secondary N) is 1. The molecule has 2 rings (SSSR count). The van der Waals surface area contributed by atoms with Crippen molar-refractivity contribution in [3.8, 4) is 0 Å². The molecule has 0 saturated carbocycles. The monoisotopic (exact) mass is 388 g/mol. The maximum absolute atomic E-state index is 12.3. The topological polar surface area (TPSA) is 41.6 Å². The van der Waals surface area contributed by atoms with E-state index in [4.69, 9.17) is 4.74 Å². The van der Waals surface area contributed by atoms with Crippen LogP contribution in [0.1, 0.15) is 20.8 Å². The van der Waals surface area contributed by atoms with E-state index in [1.807, 2.05) is 45.0 Å². The molecule has 4 nitrogen and oxygen atoms in total. The Kier molecular flexibility index (Phi) is 5.40. The van der Waals surface area contributed by atoms with Gasteiger partial charge in [0.15, 0.2) is 0 Å². The third-order valence-electron chi connectivity index (χ3n) is 3.47. The number of carbonyl (C=O) groups is 1. The lowest BCUT2D eigenvalue weighted by Gasteiger charge is -2.38. The molecule has 1 fully saturated rings. The lowest BCUT2D eigenvalue weighted by molar-refractivity contribution is -0.126. The summed E-state index contributed by atoms with van der Waals surface area (Å²) in [6, 6.07) is 7.68. The van der Waals surface area contributed by atoms with Gasteiger partial charge >= 0.3 is 0 Å². The molecular weight excluding hydrogens is 367 g/mol. The maximum atomic E-state index is 12.3. The second-order valence-electron chi connectivity index (χ2n) is 5.39. The molecule has 3 atom stereocenters. The molecule has 3 unspecified atom stereocenters. The van der Waals surface area contributed by atoms with Crippen LogP contribution < -0.4 is 5.32 Å². The standard InChI is InChI=1S/C15H21IN2O2/c1-10-8-18(9-11(2)20-10)12(3)15(19)17-14-6-4-5-13(16)7-14/h4-7,10-12H,8-9H2,1-3H3,(H,17,19). The Morgan fingerprint density at radius 2 is 2.05 bits per heavy atom. The number of benzene rings is 1. The van der Waals surface area contributed by atoms with E-state index in [0.717, 1.165) is 22.3 Å². The van der Waals surface area contributed by atoms with Crippen molar-refractivity contribution < 1.29 is 9.53 Å². The number of halogens is 1. The van der Waals surface area contributed by atoms with Gasteiger partial charge in [0.2, 0.25) is 5.91 Å². The zero-order valence-electron chi connectivity index (χ0n) is 12.1. The zero-order valence-corrected chi connectivity index (χ0v) is 14.3. The van der Waals surface area contributed by atoms with Crippen LogP contribution in [0, 0.1) is 3.57 Å².